The molecular formula is C21H19ClN6O. The first-order valence-electron chi connectivity index (χ1n) is 9.22. The lowest BCUT2D eigenvalue weighted by Gasteiger charge is -2.07. The number of benzene rings is 2. The summed E-state index contributed by atoms with van der Waals surface area (Å²) < 4.78 is 1.69. The van der Waals surface area contributed by atoms with Crippen LogP contribution in [0.3, 0.4) is 0 Å². The molecule has 0 spiro atoms. The second-order valence-electron chi connectivity index (χ2n) is 6.46. The van der Waals surface area contributed by atoms with Crippen molar-refractivity contribution < 1.29 is 4.79 Å². The summed E-state index contributed by atoms with van der Waals surface area (Å²) in [4.78, 5) is 12.2. The molecule has 0 aliphatic rings. The van der Waals surface area contributed by atoms with Crippen molar-refractivity contribution in [2.24, 2.45) is 0 Å². The third-order valence-corrected chi connectivity index (χ3v) is 4.60. The van der Waals surface area contributed by atoms with E-state index in [1.165, 1.54) is 5.56 Å². The number of anilines is 1. The second-order valence-corrected chi connectivity index (χ2v) is 6.90. The highest BCUT2D eigenvalue weighted by Crippen LogP contribution is 2.11. The molecule has 4 aromatic rings. The van der Waals surface area contributed by atoms with E-state index in [0.29, 0.717) is 41.6 Å². The molecule has 2 aromatic carbocycles. The van der Waals surface area contributed by atoms with E-state index >= 15 is 0 Å². The van der Waals surface area contributed by atoms with E-state index in [-0.39, 0.29) is 5.91 Å². The summed E-state index contributed by atoms with van der Waals surface area (Å²) in [6.45, 7) is 1.09. The van der Waals surface area contributed by atoms with Gasteiger partial charge in [0.05, 0.1) is 0 Å². The highest BCUT2D eigenvalue weighted by atomic mass is 35.5. The summed E-state index contributed by atoms with van der Waals surface area (Å²) in [7, 11) is 0. The van der Waals surface area contributed by atoms with E-state index < -0.39 is 0 Å². The number of nitrogens with zero attached hydrogens (tertiary/aromatic N) is 4. The van der Waals surface area contributed by atoms with E-state index in [2.05, 4.69) is 38.1 Å². The van der Waals surface area contributed by atoms with Crippen LogP contribution >= 0.6 is 11.6 Å². The van der Waals surface area contributed by atoms with Gasteiger partial charge in [0.25, 0.3) is 5.91 Å². The van der Waals surface area contributed by atoms with E-state index in [4.69, 9.17) is 11.6 Å². The molecule has 0 saturated carbocycles. The average molecular weight is 407 g/mol. The molecule has 2 heterocycles. The number of hydrogen-bond acceptors (Lipinski definition) is 5. The van der Waals surface area contributed by atoms with Gasteiger partial charge in [-0.3, -0.25) is 4.79 Å². The molecule has 0 fully saturated rings. The molecule has 0 atom stereocenters. The van der Waals surface area contributed by atoms with Crippen molar-refractivity contribution in [3.63, 3.8) is 0 Å². The van der Waals surface area contributed by atoms with Crippen molar-refractivity contribution in [1.29, 1.82) is 0 Å². The summed E-state index contributed by atoms with van der Waals surface area (Å²) in [5.74, 6) is 1.22. The zero-order valence-electron chi connectivity index (χ0n) is 15.5. The predicted octanol–water partition coefficient (Wildman–Crippen LogP) is 3.36. The van der Waals surface area contributed by atoms with Gasteiger partial charge in [-0.25, -0.2) is 0 Å². The maximum absolute atomic E-state index is 12.2. The first kappa shape index (κ1) is 18.9. The predicted molar refractivity (Wildman–Crippen MR) is 112 cm³/mol. The van der Waals surface area contributed by atoms with E-state index in [9.17, 15) is 4.79 Å². The Labute approximate surface area is 172 Å². The molecule has 0 aliphatic carbocycles. The molecule has 0 radical (unpaired) electrons. The van der Waals surface area contributed by atoms with Gasteiger partial charge < -0.3 is 10.6 Å². The molecule has 4 rings (SSSR count). The Bertz CT molecular complexity index is 1130. The molecular weight excluding hydrogens is 388 g/mol. The Morgan fingerprint density at radius 1 is 1.00 bits per heavy atom. The van der Waals surface area contributed by atoms with Crippen molar-refractivity contribution >= 4 is 29.0 Å². The molecule has 29 heavy (non-hydrogen) atoms. The monoisotopic (exact) mass is 406 g/mol. The number of amides is 1. The van der Waals surface area contributed by atoms with Crippen LogP contribution < -0.4 is 10.6 Å². The number of hydrogen-bond donors (Lipinski definition) is 2. The van der Waals surface area contributed by atoms with Gasteiger partial charge in [-0.15, -0.1) is 15.3 Å². The van der Waals surface area contributed by atoms with Crippen LogP contribution in [0.1, 0.15) is 21.7 Å². The highest BCUT2D eigenvalue weighted by molar-refractivity contribution is 6.30. The maximum atomic E-state index is 12.2. The van der Waals surface area contributed by atoms with Crippen molar-refractivity contribution in [2.45, 2.75) is 13.0 Å². The first-order chi connectivity index (χ1) is 14.2. The van der Waals surface area contributed by atoms with E-state index in [1.54, 1.807) is 28.8 Å². The van der Waals surface area contributed by atoms with Crippen LogP contribution in [0.2, 0.25) is 5.02 Å². The van der Waals surface area contributed by atoms with Crippen molar-refractivity contribution in [1.82, 2.24) is 25.1 Å². The zero-order valence-corrected chi connectivity index (χ0v) is 16.3. The van der Waals surface area contributed by atoms with Crippen LogP contribution in [-0.4, -0.2) is 32.3 Å². The van der Waals surface area contributed by atoms with Crippen LogP contribution in [0.5, 0.6) is 0 Å². The van der Waals surface area contributed by atoms with E-state index in [1.807, 2.05) is 30.3 Å². The minimum Gasteiger partial charge on any atom is -0.365 e. The number of halogens is 1. The third kappa shape index (κ3) is 4.70. The minimum atomic E-state index is -0.181. The van der Waals surface area contributed by atoms with Crippen LogP contribution in [0, 0.1) is 0 Å². The quantitative estimate of drug-likeness (QED) is 0.491. The Morgan fingerprint density at radius 2 is 1.86 bits per heavy atom. The zero-order chi connectivity index (χ0) is 20.1. The topological polar surface area (TPSA) is 84.2 Å². The van der Waals surface area contributed by atoms with Gasteiger partial charge in [0, 0.05) is 30.1 Å². The number of nitrogens with one attached hydrogen (secondary N) is 2. The molecule has 8 heteroatoms. The Balaban J connectivity index is 1.39. The van der Waals surface area contributed by atoms with Crippen LogP contribution in [0.15, 0.2) is 66.7 Å². The normalized spacial score (nSPS) is 10.8. The number of aromatic nitrogens is 4. The maximum Gasteiger partial charge on any atom is 0.251 e. The molecule has 0 unspecified atom stereocenters. The van der Waals surface area contributed by atoms with Gasteiger partial charge >= 0.3 is 0 Å². The minimum absolute atomic E-state index is 0.181. The largest absolute Gasteiger partial charge is 0.365 e. The molecule has 1 amide bonds. The number of carbonyl (C=O) groups excluding carboxylic acids is 1. The number of rotatable bonds is 7. The molecule has 7 nitrogen and oxygen atoms in total. The van der Waals surface area contributed by atoms with Gasteiger partial charge in [-0.1, -0.05) is 48.0 Å². The lowest BCUT2D eigenvalue weighted by Crippen LogP contribution is -2.26. The molecule has 0 bridgehead atoms. The van der Waals surface area contributed by atoms with Crippen molar-refractivity contribution in [3.8, 4) is 0 Å². The average Bonchev–Trinajstić information content (AvgIpc) is 3.15. The number of carbonyl (C=O) groups is 1. The van der Waals surface area contributed by atoms with Crippen LogP contribution in [-0.2, 0) is 13.0 Å². The molecule has 0 saturated heterocycles. The first-order valence-corrected chi connectivity index (χ1v) is 9.60. The summed E-state index contributed by atoms with van der Waals surface area (Å²) >= 11 is 5.93. The molecule has 2 aromatic heterocycles. The van der Waals surface area contributed by atoms with Gasteiger partial charge in [0.2, 0.25) is 0 Å². The van der Waals surface area contributed by atoms with Gasteiger partial charge in [-0.2, -0.15) is 4.52 Å². The fourth-order valence-electron chi connectivity index (χ4n) is 2.89. The molecule has 0 aliphatic heterocycles. The van der Waals surface area contributed by atoms with Crippen LogP contribution in [0.4, 0.5) is 5.82 Å². The number of fused-ring (bicyclic) bond motifs is 1. The van der Waals surface area contributed by atoms with Gasteiger partial charge in [-0.05, 0) is 35.9 Å². The third-order valence-electron chi connectivity index (χ3n) is 4.36. The summed E-state index contributed by atoms with van der Waals surface area (Å²) in [6.07, 6.45) is 0.503. The summed E-state index contributed by atoms with van der Waals surface area (Å²) in [6, 6.07) is 20.7. The Hall–Kier alpha value is -3.45. The summed E-state index contributed by atoms with van der Waals surface area (Å²) in [5.41, 5.74) is 2.35. The Kier molecular flexibility index (Phi) is 5.67. The second kappa shape index (κ2) is 8.70. The van der Waals surface area contributed by atoms with Gasteiger partial charge in [0.15, 0.2) is 11.5 Å². The lowest BCUT2D eigenvalue weighted by molar-refractivity contribution is 0.0954. The molecule has 146 valence electrons. The fourth-order valence-corrected chi connectivity index (χ4v) is 3.08. The Morgan fingerprint density at radius 3 is 2.69 bits per heavy atom. The van der Waals surface area contributed by atoms with Gasteiger partial charge in [0.1, 0.15) is 5.82 Å². The van der Waals surface area contributed by atoms with Crippen molar-refractivity contribution in [3.05, 3.63) is 88.7 Å². The van der Waals surface area contributed by atoms with E-state index in [0.717, 1.165) is 5.82 Å². The molecule has 2 N–H and O–H groups in total. The lowest BCUT2D eigenvalue weighted by atomic mass is 10.2. The fraction of sp³-hybridized carbons (Fsp3) is 0.143. The SMILES string of the molecule is O=C(NCCc1nnc2ccc(NCc3ccccc3)nn12)c1cccc(Cl)c1. The standard InChI is InChI=1S/C21H19ClN6O/c22-17-8-4-7-16(13-17)21(29)23-12-11-20-26-25-19-10-9-18(27-28(19)20)24-14-15-5-2-1-3-6-15/h1-10,13H,11-12,14H2,(H,23,29)(H,24,27). The summed E-state index contributed by atoms with van der Waals surface area (Å²) in [5, 5.41) is 19.6. The van der Waals surface area contributed by atoms with Crippen LogP contribution in [0.25, 0.3) is 5.65 Å². The van der Waals surface area contributed by atoms with Crippen molar-refractivity contribution in [2.75, 3.05) is 11.9 Å². The smallest absolute Gasteiger partial charge is 0.251 e. The highest BCUT2D eigenvalue weighted by Gasteiger charge is 2.10.